The predicted molar refractivity (Wildman–Crippen MR) is 89.4 cm³/mol. The summed E-state index contributed by atoms with van der Waals surface area (Å²) in [6.45, 7) is 4.13. The lowest BCUT2D eigenvalue weighted by molar-refractivity contribution is 0.0194. The molecular weight excluding hydrogens is 322 g/mol. The van der Waals surface area contributed by atoms with E-state index >= 15 is 0 Å². The Balaban J connectivity index is 1.72. The van der Waals surface area contributed by atoms with Gasteiger partial charge in [-0.05, 0) is 11.4 Å². The first-order valence-corrected chi connectivity index (χ1v) is 8.37. The van der Waals surface area contributed by atoms with Gasteiger partial charge in [0.25, 0.3) is 0 Å². The molecule has 6 nitrogen and oxygen atoms in total. The van der Waals surface area contributed by atoms with Gasteiger partial charge >= 0.3 is 0 Å². The molecule has 0 radical (unpaired) electrons. The number of anilines is 2. The Morgan fingerprint density at radius 3 is 2.91 bits per heavy atom. The lowest BCUT2D eigenvalue weighted by atomic mass is 10.2. The fourth-order valence-electron chi connectivity index (χ4n) is 2.51. The number of thiophene rings is 1. The molecule has 1 aliphatic rings. The van der Waals surface area contributed by atoms with Crippen molar-refractivity contribution in [3.05, 3.63) is 33.6 Å². The Kier molecular flexibility index (Phi) is 5.09. The second-order valence-corrected chi connectivity index (χ2v) is 6.36. The molecule has 2 aromatic heterocycles. The van der Waals surface area contributed by atoms with Gasteiger partial charge in [-0.15, -0.1) is 11.3 Å². The lowest BCUT2D eigenvalue weighted by Crippen LogP contribution is -2.41. The highest BCUT2D eigenvalue weighted by Gasteiger charge is 2.23. The third-order valence-electron chi connectivity index (χ3n) is 3.55. The second kappa shape index (κ2) is 7.23. The predicted octanol–water partition coefficient (Wildman–Crippen LogP) is 2.26. The van der Waals surface area contributed by atoms with Crippen molar-refractivity contribution in [1.82, 2.24) is 14.9 Å². The molecule has 0 aliphatic carbocycles. The van der Waals surface area contributed by atoms with E-state index in [1.807, 2.05) is 0 Å². The van der Waals surface area contributed by atoms with Gasteiger partial charge in [0.15, 0.2) is 0 Å². The van der Waals surface area contributed by atoms with Crippen LogP contribution in [0.2, 0.25) is 5.15 Å². The van der Waals surface area contributed by atoms with Gasteiger partial charge in [0.2, 0.25) is 5.95 Å². The van der Waals surface area contributed by atoms with Crippen molar-refractivity contribution in [2.75, 3.05) is 43.9 Å². The molecule has 1 aliphatic heterocycles. The maximum Gasteiger partial charge on any atom is 0.223 e. The minimum absolute atomic E-state index is 0.175. The molecule has 8 heteroatoms. The van der Waals surface area contributed by atoms with Crippen LogP contribution in [0.4, 0.5) is 11.8 Å². The molecule has 0 aromatic carbocycles. The maximum absolute atomic E-state index is 5.92. The Morgan fingerprint density at radius 1 is 1.41 bits per heavy atom. The molecule has 1 saturated heterocycles. The monoisotopic (exact) mass is 339 g/mol. The van der Waals surface area contributed by atoms with Crippen LogP contribution >= 0.6 is 22.9 Å². The smallest absolute Gasteiger partial charge is 0.223 e. The Morgan fingerprint density at radius 2 is 2.23 bits per heavy atom. The van der Waals surface area contributed by atoms with E-state index in [1.165, 1.54) is 4.88 Å². The topological polar surface area (TPSA) is 76.3 Å². The van der Waals surface area contributed by atoms with Gasteiger partial charge < -0.3 is 15.8 Å². The summed E-state index contributed by atoms with van der Waals surface area (Å²) in [7, 11) is 0. The number of halogens is 1. The first kappa shape index (κ1) is 15.5. The molecule has 22 heavy (non-hydrogen) atoms. The van der Waals surface area contributed by atoms with Crippen LogP contribution in [0, 0.1) is 0 Å². The third kappa shape index (κ3) is 3.86. The van der Waals surface area contributed by atoms with E-state index in [9.17, 15) is 0 Å². The van der Waals surface area contributed by atoms with Gasteiger partial charge in [0, 0.05) is 30.6 Å². The van der Waals surface area contributed by atoms with Crippen molar-refractivity contribution >= 4 is 34.7 Å². The highest BCUT2D eigenvalue weighted by molar-refractivity contribution is 7.10. The standard InChI is InChI=1S/C14H18ClN5OS/c15-12-8-13(19-14(16)18-12)17-9-10(11-2-1-7-22-11)20-3-5-21-6-4-20/h1-2,7-8,10H,3-6,9H2,(H3,16,17,18,19)/t10-/m1/s1. The minimum atomic E-state index is 0.175. The first-order chi connectivity index (χ1) is 10.7. The van der Waals surface area contributed by atoms with Crippen LogP contribution in [0.1, 0.15) is 10.9 Å². The largest absolute Gasteiger partial charge is 0.379 e. The highest BCUT2D eigenvalue weighted by Crippen LogP contribution is 2.26. The van der Waals surface area contributed by atoms with Crippen molar-refractivity contribution in [2.24, 2.45) is 0 Å². The van der Waals surface area contributed by atoms with E-state index < -0.39 is 0 Å². The molecule has 0 saturated carbocycles. The number of hydrogen-bond acceptors (Lipinski definition) is 7. The molecule has 3 heterocycles. The average molecular weight is 340 g/mol. The Labute approximate surface area is 138 Å². The van der Waals surface area contributed by atoms with E-state index in [2.05, 4.69) is 37.7 Å². The van der Waals surface area contributed by atoms with Gasteiger partial charge in [0.1, 0.15) is 11.0 Å². The number of nitrogens with two attached hydrogens (primary N) is 1. The zero-order chi connectivity index (χ0) is 15.4. The fraction of sp³-hybridized carbons (Fsp3) is 0.429. The van der Waals surface area contributed by atoms with Gasteiger partial charge in [-0.25, -0.2) is 4.98 Å². The van der Waals surface area contributed by atoms with Crippen molar-refractivity contribution in [2.45, 2.75) is 6.04 Å². The van der Waals surface area contributed by atoms with Gasteiger partial charge in [-0.3, -0.25) is 4.90 Å². The molecule has 118 valence electrons. The minimum Gasteiger partial charge on any atom is -0.379 e. The van der Waals surface area contributed by atoms with E-state index in [-0.39, 0.29) is 12.0 Å². The lowest BCUT2D eigenvalue weighted by Gasteiger charge is -2.34. The first-order valence-electron chi connectivity index (χ1n) is 7.11. The van der Waals surface area contributed by atoms with Crippen molar-refractivity contribution in [3.63, 3.8) is 0 Å². The van der Waals surface area contributed by atoms with Crippen LogP contribution < -0.4 is 11.1 Å². The van der Waals surface area contributed by atoms with Crippen LogP contribution in [-0.2, 0) is 4.74 Å². The van der Waals surface area contributed by atoms with Gasteiger partial charge in [-0.2, -0.15) is 4.98 Å². The summed E-state index contributed by atoms with van der Waals surface area (Å²) >= 11 is 7.68. The summed E-state index contributed by atoms with van der Waals surface area (Å²) in [6.07, 6.45) is 0. The number of morpholine rings is 1. The number of nitrogens with zero attached hydrogens (tertiary/aromatic N) is 3. The summed E-state index contributed by atoms with van der Waals surface area (Å²) in [4.78, 5) is 11.8. The maximum atomic E-state index is 5.92. The quantitative estimate of drug-likeness (QED) is 0.814. The van der Waals surface area contributed by atoms with Crippen LogP contribution in [-0.4, -0.2) is 47.7 Å². The van der Waals surface area contributed by atoms with Crippen LogP contribution in [0.5, 0.6) is 0 Å². The molecule has 0 spiro atoms. The Hall–Kier alpha value is -1.41. The summed E-state index contributed by atoms with van der Waals surface area (Å²) in [5.41, 5.74) is 5.63. The molecule has 1 fully saturated rings. The molecule has 3 N–H and O–H groups in total. The summed E-state index contributed by atoms with van der Waals surface area (Å²) < 4.78 is 5.45. The number of aromatic nitrogens is 2. The van der Waals surface area contributed by atoms with Crippen LogP contribution in [0.15, 0.2) is 23.6 Å². The molecule has 1 atom stereocenters. The molecule has 0 unspecified atom stereocenters. The van der Waals surface area contributed by atoms with E-state index in [1.54, 1.807) is 17.4 Å². The van der Waals surface area contributed by atoms with Crippen LogP contribution in [0.3, 0.4) is 0 Å². The van der Waals surface area contributed by atoms with Crippen molar-refractivity contribution < 1.29 is 4.74 Å². The van der Waals surface area contributed by atoms with E-state index in [4.69, 9.17) is 22.1 Å². The SMILES string of the molecule is Nc1nc(Cl)cc(NC[C@H](c2cccs2)N2CCOCC2)n1. The number of rotatable bonds is 5. The van der Waals surface area contributed by atoms with Crippen molar-refractivity contribution in [1.29, 1.82) is 0 Å². The van der Waals surface area contributed by atoms with Gasteiger partial charge in [0.05, 0.1) is 19.3 Å². The zero-order valence-corrected chi connectivity index (χ0v) is 13.6. The second-order valence-electron chi connectivity index (χ2n) is 4.99. The highest BCUT2D eigenvalue weighted by atomic mass is 35.5. The fourth-order valence-corrected chi connectivity index (χ4v) is 3.56. The third-order valence-corrected chi connectivity index (χ3v) is 4.71. The zero-order valence-electron chi connectivity index (χ0n) is 12.0. The number of ether oxygens (including phenoxy) is 1. The van der Waals surface area contributed by atoms with Gasteiger partial charge in [-0.1, -0.05) is 17.7 Å². The molecular formula is C14H18ClN5OS. The molecule has 0 bridgehead atoms. The van der Waals surface area contributed by atoms with Crippen LogP contribution in [0.25, 0.3) is 0 Å². The molecule has 2 aromatic rings. The summed E-state index contributed by atoms with van der Waals surface area (Å²) in [5, 5.41) is 5.76. The summed E-state index contributed by atoms with van der Waals surface area (Å²) in [6, 6.07) is 6.20. The normalized spacial score (nSPS) is 17.3. The molecule has 0 amide bonds. The average Bonchev–Trinajstić information content (AvgIpc) is 3.02. The summed E-state index contributed by atoms with van der Waals surface area (Å²) in [5.74, 6) is 0.821. The van der Waals surface area contributed by atoms with E-state index in [0.29, 0.717) is 11.0 Å². The molecule has 3 rings (SSSR count). The number of nitrogens with one attached hydrogen (secondary N) is 1. The number of nitrogen functional groups attached to an aromatic ring is 1. The van der Waals surface area contributed by atoms with Crippen molar-refractivity contribution in [3.8, 4) is 0 Å². The number of hydrogen-bond donors (Lipinski definition) is 2. The van der Waals surface area contributed by atoms with E-state index in [0.717, 1.165) is 32.8 Å². The Bertz CT molecular complexity index is 583.